The van der Waals surface area contributed by atoms with E-state index in [0.717, 1.165) is 24.9 Å². The smallest absolute Gasteiger partial charge is 0.303 e. The number of fused-ring (bicyclic) bond motifs is 1. The van der Waals surface area contributed by atoms with Crippen LogP contribution in [0.1, 0.15) is 42.9 Å². The average Bonchev–Trinajstić information content (AvgIpc) is 3.36. The monoisotopic (exact) mass is 495 g/mol. The largest absolute Gasteiger partial charge is 0.497 e. The van der Waals surface area contributed by atoms with E-state index in [2.05, 4.69) is 21.7 Å². The Morgan fingerprint density at radius 1 is 1.40 bits per heavy atom. The quantitative estimate of drug-likeness (QED) is 0.441. The molecule has 0 radical (unpaired) electrons. The van der Waals surface area contributed by atoms with Crippen molar-refractivity contribution in [1.29, 1.82) is 0 Å². The number of rotatable bonds is 8. The van der Waals surface area contributed by atoms with Crippen LogP contribution in [0.2, 0.25) is 0 Å². The fraction of sp³-hybridized carbons (Fsp3) is 0.407. The maximum atomic E-state index is 14.8. The van der Waals surface area contributed by atoms with Crippen molar-refractivity contribution in [2.24, 2.45) is 17.6 Å². The van der Waals surface area contributed by atoms with E-state index in [0.29, 0.717) is 41.7 Å². The molecular formula is C27H30FN3O3S. The molecule has 0 aliphatic carbocycles. The number of halogens is 1. The molecule has 1 saturated heterocycles. The number of carbonyl (C=O) groups is 1. The molecule has 3 heterocycles. The number of benzene rings is 1. The Kier molecular flexibility index (Phi) is 8.34. The van der Waals surface area contributed by atoms with E-state index in [4.69, 9.17) is 10.5 Å². The van der Waals surface area contributed by atoms with Gasteiger partial charge in [0.05, 0.1) is 25.4 Å². The van der Waals surface area contributed by atoms with Crippen LogP contribution >= 0.6 is 11.3 Å². The van der Waals surface area contributed by atoms with E-state index in [9.17, 15) is 14.3 Å². The second kappa shape index (κ2) is 11.6. The van der Waals surface area contributed by atoms with Crippen molar-refractivity contribution in [2.75, 3.05) is 26.7 Å². The number of pyridine rings is 1. The van der Waals surface area contributed by atoms with Gasteiger partial charge in [0.2, 0.25) is 0 Å². The van der Waals surface area contributed by atoms with Gasteiger partial charge in [0.1, 0.15) is 11.6 Å². The van der Waals surface area contributed by atoms with Crippen molar-refractivity contribution in [1.82, 2.24) is 9.88 Å². The summed E-state index contributed by atoms with van der Waals surface area (Å²) in [6.45, 7) is 2.17. The Hall–Kier alpha value is -2.99. The van der Waals surface area contributed by atoms with Gasteiger partial charge in [-0.3, -0.25) is 14.7 Å². The maximum Gasteiger partial charge on any atom is 0.303 e. The number of aromatic nitrogens is 1. The van der Waals surface area contributed by atoms with Gasteiger partial charge in [-0.25, -0.2) is 4.39 Å². The molecular weight excluding hydrogens is 465 g/mol. The first kappa shape index (κ1) is 25.1. The molecule has 0 bridgehead atoms. The van der Waals surface area contributed by atoms with E-state index in [1.807, 2.05) is 16.8 Å². The van der Waals surface area contributed by atoms with Gasteiger partial charge in [0.15, 0.2) is 0 Å². The lowest BCUT2D eigenvalue weighted by molar-refractivity contribution is -0.139. The summed E-state index contributed by atoms with van der Waals surface area (Å²) >= 11 is 1.62. The van der Waals surface area contributed by atoms with Crippen LogP contribution in [0.5, 0.6) is 5.75 Å². The van der Waals surface area contributed by atoms with Crippen molar-refractivity contribution in [2.45, 2.75) is 31.7 Å². The number of hydrogen-bond donors (Lipinski definition) is 2. The van der Waals surface area contributed by atoms with Gasteiger partial charge in [-0.15, -0.1) is 0 Å². The van der Waals surface area contributed by atoms with Crippen molar-refractivity contribution < 1.29 is 19.0 Å². The number of methoxy groups -OCH3 is 1. The van der Waals surface area contributed by atoms with Gasteiger partial charge in [0.25, 0.3) is 0 Å². The third-order valence-electron chi connectivity index (χ3n) is 6.76. The Balaban J connectivity index is 1.42. The number of nitrogens with two attached hydrogens (primary N) is 1. The van der Waals surface area contributed by atoms with Gasteiger partial charge < -0.3 is 15.6 Å². The Morgan fingerprint density at radius 3 is 3.00 bits per heavy atom. The number of carboxylic acid groups (broad SMARTS) is 1. The Morgan fingerprint density at radius 2 is 2.26 bits per heavy atom. The summed E-state index contributed by atoms with van der Waals surface area (Å²) in [7, 11) is 1.57. The van der Waals surface area contributed by atoms with E-state index >= 15 is 0 Å². The molecule has 4 rings (SSSR count). The minimum absolute atomic E-state index is 0.00974. The summed E-state index contributed by atoms with van der Waals surface area (Å²) in [4.78, 5) is 18.0. The SMILES string of the molecule is COc1ccc2ncc(F)c([C@H](N)CCC3CCN(CC#Cc4ccsc4)CC3CC(=O)O)c2c1. The first-order chi connectivity index (χ1) is 16.9. The summed E-state index contributed by atoms with van der Waals surface area (Å²) in [6.07, 6.45) is 3.50. The third-order valence-corrected chi connectivity index (χ3v) is 7.44. The van der Waals surface area contributed by atoms with Crippen LogP contribution in [0.3, 0.4) is 0 Å². The number of aliphatic carboxylic acids is 1. The van der Waals surface area contributed by atoms with Crippen LogP contribution in [0.25, 0.3) is 10.9 Å². The van der Waals surface area contributed by atoms with Gasteiger partial charge in [-0.1, -0.05) is 11.8 Å². The summed E-state index contributed by atoms with van der Waals surface area (Å²) in [5.74, 6) is 5.98. The molecule has 1 fully saturated rings. The van der Waals surface area contributed by atoms with Gasteiger partial charge in [0, 0.05) is 40.9 Å². The Labute approximate surface area is 208 Å². The molecule has 0 saturated carbocycles. The van der Waals surface area contributed by atoms with E-state index in [-0.39, 0.29) is 18.3 Å². The molecule has 6 nitrogen and oxygen atoms in total. The lowest BCUT2D eigenvalue weighted by Crippen LogP contribution is -2.41. The highest BCUT2D eigenvalue weighted by Crippen LogP contribution is 2.34. The number of nitrogens with zero attached hydrogens (tertiary/aromatic N) is 2. The van der Waals surface area contributed by atoms with Crippen LogP contribution in [0.4, 0.5) is 4.39 Å². The normalized spacial score (nSPS) is 19.2. The molecule has 8 heteroatoms. The second-order valence-electron chi connectivity index (χ2n) is 9.04. The number of ether oxygens (including phenoxy) is 1. The van der Waals surface area contributed by atoms with Gasteiger partial charge in [-0.05, 0) is 67.3 Å². The zero-order valence-electron chi connectivity index (χ0n) is 19.7. The number of thiophene rings is 1. The predicted molar refractivity (Wildman–Crippen MR) is 136 cm³/mol. The number of carboxylic acids is 1. The molecule has 0 spiro atoms. The van der Waals surface area contributed by atoms with Crippen LogP contribution in [-0.4, -0.2) is 47.7 Å². The zero-order chi connectivity index (χ0) is 24.8. The number of likely N-dealkylation sites (tertiary alicyclic amines) is 1. The molecule has 0 amide bonds. The standard InChI is InChI=1S/C27H30FN3O3S/c1-34-21-5-7-25-22(14-21)27(23(28)15-30-25)24(29)6-4-19-8-11-31(16-20(19)13-26(32)33)10-2-3-18-9-12-35-17-18/h5,7,9,12,14-15,17,19-20,24H,4,6,8,10-11,13,16,29H2,1H3,(H,32,33)/t19?,20?,24-/m1/s1. The van der Waals surface area contributed by atoms with Crippen LogP contribution < -0.4 is 10.5 Å². The zero-order valence-corrected chi connectivity index (χ0v) is 20.6. The highest BCUT2D eigenvalue weighted by atomic mass is 32.1. The molecule has 3 aromatic rings. The summed E-state index contributed by atoms with van der Waals surface area (Å²) in [6, 6.07) is 6.82. The molecule has 184 valence electrons. The molecule has 2 aromatic heterocycles. The average molecular weight is 496 g/mol. The van der Waals surface area contributed by atoms with Crippen molar-refractivity contribution in [3.63, 3.8) is 0 Å². The molecule has 1 aliphatic heterocycles. The molecule has 1 aromatic carbocycles. The first-order valence-electron chi connectivity index (χ1n) is 11.8. The molecule has 1 aliphatic rings. The fourth-order valence-corrected chi connectivity index (χ4v) is 5.52. The van der Waals surface area contributed by atoms with Crippen molar-refractivity contribution in [3.8, 4) is 17.6 Å². The van der Waals surface area contributed by atoms with E-state index < -0.39 is 17.8 Å². The molecule has 2 unspecified atom stereocenters. The molecule has 35 heavy (non-hydrogen) atoms. The molecule has 3 atom stereocenters. The maximum absolute atomic E-state index is 14.8. The minimum atomic E-state index is -0.797. The van der Waals surface area contributed by atoms with Crippen LogP contribution in [0.15, 0.2) is 41.2 Å². The fourth-order valence-electron chi connectivity index (χ4n) is 4.93. The highest BCUT2D eigenvalue weighted by Gasteiger charge is 2.31. The number of piperidine rings is 1. The third kappa shape index (κ3) is 6.37. The highest BCUT2D eigenvalue weighted by molar-refractivity contribution is 7.08. The van der Waals surface area contributed by atoms with E-state index in [1.54, 1.807) is 36.6 Å². The summed E-state index contributed by atoms with van der Waals surface area (Å²) < 4.78 is 20.1. The number of hydrogen-bond acceptors (Lipinski definition) is 6. The summed E-state index contributed by atoms with van der Waals surface area (Å²) in [5, 5.41) is 14.2. The predicted octanol–water partition coefficient (Wildman–Crippen LogP) is 4.69. The van der Waals surface area contributed by atoms with Crippen molar-refractivity contribution >= 4 is 28.2 Å². The first-order valence-corrected chi connectivity index (χ1v) is 12.7. The van der Waals surface area contributed by atoms with Crippen LogP contribution in [0, 0.1) is 29.5 Å². The van der Waals surface area contributed by atoms with Crippen LogP contribution in [-0.2, 0) is 4.79 Å². The second-order valence-corrected chi connectivity index (χ2v) is 9.82. The summed E-state index contributed by atoms with van der Waals surface area (Å²) in [5.41, 5.74) is 8.61. The minimum Gasteiger partial charge on any atom is -0.497 e. The Bertz CT molecular complexity index is 1220. The van der Waals surface area contributed by atoms with E-state index in [1.165, 1.54) is 6.20 Å². The topological polar surface area (TPSA) is 88.7 Å². The van der Waals surface area contributed by atoms with Gasteiger partial charge >= 0.3 is 5.97 Å². The van der Waals surface area contributed by atoms with Crippen molar-refractivity contribution in [3.05, 3.63) is 58.2 Å². The lowest BCUT2D eigenvalue weighted by Gasteiger charge is -2.37. The van der Waals surface area contributed by atoms with Gasteiger partial charge in [-0.2, -0.15) is 11.3 Å². The molecule has 3 N–H and O–H groups in total. The lowest BCUT2D eigenvalue weighted by atomic mass is 9.79.